The predicted octanol–water partition coefficient (Wildman–Crippen LogP) is 6.15. The number of aromatic nitrogens is 6. The topological polar surface area (TPSA) is 25.4 Å². The zero-order valence-electron chi connectivity index (χ0n) is 28.8. The van der Waals surface area contributed by atoms with Gasteiger partial charge in [-0.1, -0.05) is 46.2 Å². The Morgan fingerprint density at radius 3 is 1.68 bits per heavy atom. The van der Waals surface area contributed by atoms with Crippen LogP contribution in [0.25, 0.3) is 22.8 Å². The van der Waals surface area contributed by atoms with E-state index in [1.807, 2.05) is 27.8 Å². The number of rotatable bonds is 1. The maximum Gasteiger partial charge on any atom is 0.420 e. The Bertz CT molecular complexity index is 2290. The van der Waals surface area contributed by atoms with Crippen molar-refractivity contribution in [3.63, 3.8) is 0 Å². The summed E-state index contributed by atoms with van der Waals surface area (Å²) in [5.41, 5.74) is 3.55. The molecule has 10 heteroatoms. The van der Waals surface area contributed by atoms with Crippen molar-refractivity contribution < 1.29 is 36.1 Å². The lowest BCUT2D eigenvalue weighted by Crippen LogP contribution is -2.74. The fourth-order valence-corrected chi connectivity index (χ4v) is 8.63. The van der Waals surface area contributed by atoms with Gasteiger partial charge in [-0.15, -0.1) is 23.2 Å². The van der Waals surface area contributed by atoms with Crippen molar-refractivity contribution in [3.05, 3.63) is 143 Å². The van der Waals surface area contributed by atoms with Crippen LogP contribution in [0.2, 0.25) is 0 Å². The Hall–Kier alpha value is -5.12. The van der Waals surface area contributed by atoms with Crippen LogP contribution in [-0.4, -0.2) is 9.36 Å². The van der Waals surface area contributed by atoms with E-state index in [9.17, 15) is 0 Å². The van der Waals surface area contributed by atoms with Crippen LogP contribution in [0.1, 0.15) is 76.0 Å². The van der Waals surface area contributed by atoms with Crippen molar-refractivity contribution in [2.45, 2.75) is 76.5 Å². The first-order valence-corrected chi connectivity index (χ1v) is 17.0. The number of pyridine rings is 2. The first-order chi connectivity index (χ1) is 23.7. The maximum absolute atomic E-state index is 16.2. The van der Waals surface area contributed by atoms with Gasteiger partial charge in [0, 0.05) is 59.7 Å². The van der Waals surface area contributed by atoms with Crippen molar-refractivity contribution in [1.29, 1.82) is 0 Å². The van der Waals surface area contributed by atoms with Crippen LogP contribution in [0.3, 0.4) is 0 Å². The van der Waals surface area contributed by atoms with Gasteiger partial charge in [-0.05, 0) is 34.1 Å². The molecule has 3 aliphatic heterocycles. The molecule has 7 heterocycles. The van der Waals surface area contributed by atoms with Gasteiger partial charge in [-0.3, -0.25) is 0 Å². The fourth-order valence-electron chi connectivity index (χ4n) is 8.63. The molecule has 6 aromatic rings. The Morgan fingerprint density at radius 2 is 1.14 bits per heavy atom. The van der Waals surface area contributed by atoms with Gasteiger partial charge in [0.25, 0.3) is 11.4 Å². The van der Waals surface area contributed by atoms with Gasteiger partial charge in [-0.2, -0.15) is 0 Å². The van der Waals surface area contributed by atoms with Gasteiger partial charge < -0.3 is 0 Å². The van der Waals surface area contributed by atoms with Crippen molar-refractivity contribution in [2.75, 3.05) is 0 Å². The minimum Gasteiger partial charge on any atom is -0.207 e. The molecule has 1 spiro atoms. The van der Waals surface area contributed by atoms with E-state index in [-0.39, 0.29) is 28.7 Å². The lowest BCUT2D eigenvalue weighted by atomic mass is 9.65. The van der Waals surface area contributed by atoms with Crippen LogP contribution < -0.4 is 18.5 Å². The number of fused-ring (bicyclic) bond motifs is 11. The van der Waals surface area contributed by atoms with Gasteiger partial charge in [0.15, 0.2) is 48.4 Å². The van der Waals surface area contributed by atoms with Crippen LogP contribution in [0.4, 0.5) is 17.6 Å². The molecule has 9 rings (SSSR count). The van der Waals surface area contributed by atoms with Crippen LogP contribution in [-0.2, 0) is 22.8 Å². The molecule has 50 heavy (non-hydrogen) atoms. The lowest BCUT2D eigenvalue weighted by molar-refractivity contribution is -0.976. The zero-order valence-corrected chi connectivity index (χ0v) is 28.8. The molecular weight excluding hydrogens is 640 g/mol. The van der Waals surface area contributed by atoms with Crippen LogP contribution >= 0.6 is 0 Å². The van der Waals surface area contributed by atoms with E-state index in [1.54, 1.807) is 27.8 Å². The fraction of sp³-hybridized carbons (Fsp3) is 0.300. The summed E-state index contributed by atoms with van der Waals surface area (Å²) >= 11 is 0. The van der Waals surface area contributed by atoms with E-state index in [2.05, 4.69) is 87.3 Å². The SMILES string of the molecule is CC(C)(C)c1cc[n+]2c(c1)-c1cc(C(C)(C)C)cc[n+]1C2C1[n+]2cccn2-c2c(F)cc(F)cc2C12C[n+]1cccn1-c1c(F)cc(F)cc12. The van der Waals surface area contributed by atoms with Crippen molar-refractivity contribution in [1.82, 2.24) is 9.36 Å². The normalized spacial score (nSPS) is 19.1. The van der Waals surface area contributed by atoms with Crippen molar-refractivity contribution in [2.24, 2.45) is 0 Å². The first-order valence-electron chi connectivity index (χ1n) is 17.0. The summed E-state index contributed by atoms with van der Waals surface area (Å²) in [5, 5.41) is 0. The van der Waals surface area contributed by atoms with E-state index in [0.29, 0.717) is 11.1 Å². The summed E-state index contributed by atoms with van der Waals surface area (Å²) in [6, 6.07) is 16.0. The maximum atomic E-state index is 16.2. The predicted molar refractivity (Wildman–Crippen MR) is 176 cm³/mol. The van der Waals surface area contributed by atoms with Crippen LogP contribution in [0.5, 0.6) is 0 Å². The highest BCUT2D eigenvalue weighted by Gasteiger charge is 2.71. The Kier molecular flexibility index (Phi) is 6.17. The summed E-state index contributed by atoms with van der Waals surface area (Å²) < 4.78 is 75.3. The molecule has 6 nitrogen and oxygen atoms in total. The van der Waals surface area contributed by atoms with Gasteiger partial charge in [0.2, 0.25) is 0 Å². The molecule has 2 atom stereocenters. The molecular formula is C40H38F4N6+4. The molecule has 0 saturated carbocycles. The Balaban J connectivity index is 1.44. The third-order valence-corrected chi connectivity index (χ3v) is 11.0. The molecule has 2 unspecified atom stereocenters. The molecule has 3 aliphatic rings. The number of halogens is 4. The van der Waals surface area contributed by atoms with Crippen LogP contribution in [0, 0.1) is 23.3 Å². The second-order valence-electron chi connectivity index (χ2n) is 16.0. The smallest absolute Gasteiger partial charge is 0.207 e. The van der Waals surface area contributed by atoms with Gasteiger partial charge >= 0.3 is 12.2 Å². The number of hydrogen-bond donors (Lipinski definition) is 0. The molecule has 0 fully saturated rings. The molecule has 0 aliphatic carbocycles. The molecule has 0 bridgehead atoms. The highest BCUT2D eigenvalue weighted by Crippen LogP contribution is 2.53. The van der Waals surface area contributed by atoms with Gasteiger partial charge in [-0.25, -0.2) is 17.6 Å². The quantitative estimate of drug-likeness (QED) is 0.147. The van der Waals surface area contributed by atoms with Crippen molar-refractivity contribution in [3.8, 4) is 22.8 Å². The highest BCUT2D eigenvalue weighted by molar-refractivity contribution is 5.59. The van der Waals surface area contributed by atoms with Gasteiger partial charge in [0.1, 0.15) is 23.0 Å². The minimum absolute atomic E-state index is 0.136. The molecule has 0 radical (unpaired) electrons. The summed E-state index contributed by atoms with van der Waals surface area (Å²) in [7, 11) is 0. The second-order valence-corrected chi connectivity index (χ2v) is 16.0. The highest BCUT2D eigenvalue weighted by atomic mass is 19.1. The van der Waals surface area contributed by atoms with E-state index in [0.717, 1.165) is 34.6 Å². The standard InChI is InChI=1S/C40H38F4N6/c1-38(2,3)24-9-15-46-32(17-24)33-18-25(39(4,5)6)10-16-47(33)37(46)36-40(29-20-27(42)22-31(44)35(29)49-13-8-14-50(36)49)23-45-11-7-12-48(45)34-28(40)19-26(41)21-30(34)43/h7-22,36-37H,23H2,1-6H3/q+4. The van der Waals surface area contributed by atoms with Crippen LogP contribution in [0.15, 0.2) is 97.8 Å². The van der Waals surface area contributed by atoms with E-state index < -0.39 is 40.9 Å². The number of benzene rings is 2. The summed E-state index contributed by atoms with van der Waals surface area (Å²) in [6.07, 6.45) is 10.8. The molecule has 0 saturated heterocycles. The monoisotopic (exact) mass is 678 g/mol. The third kappa shape index (κ3) is 4.07. The molecule has 4 aromatic heterocycles. The zero-order chi connectivity index (χ0) is 35.1. The van der Waals surface area contributed by atoms with Crippen molar-refractivity contribution >= 4 is 0 Å². The first kappa shape index (κ1) is 30.9. The molecule has 0 amide bonds. The third-order valence-electron chi connectivity index (χ3n) is 11.0. The number of nitrogens with zero attached hydrogens (tertiary/aromatic N) is 6. The van der Waals surface area contributed by atoms with E-state index in [1.165, 1.54) is 12.1 Å². The summed E-state index contributed by atoms with van der Waals surface area (Å²) in [6.45, 7) is 13.2. The molecule has 252 valence electrons. The minimum atomic E-state index is -1.37. The molecule has 0 N–H and O–H groups in total. The Morgan fingerprint density at radius 1 is 0.640 bits per heavy atom. The van der Waals surface area contributed by atoms with E-state index in [4.69, 9.17) is 0 Å². The Labute approximate surface area is 287 Å². The summed E-state index contributed by atoms with van der Waals surface area (Å²) in [5.74, 6) is -3.04. The van der Waals surface area contributed by atoms with Gasteiger partial charge in [0.05, 0.1) is 12.4 Å². The average Bonchev–Trinajstić information content (AvgIpc) is 3.78. The second kappa shape index (κ2) is 9.99. The average molecular weight is 679 g/mol. The molecule has 2 aromatic carbocycles. The largest absolute Gasteiger partial charge is 0.420 e. The number of hydrogen-bond acceptors (Lipinski definition) is 0. The van der Waals surface area contributed by atoms with E-state index >= 15 is 17.6 Å². The summed E-state index contributed by atoms with van der Waals surface area (Å²) in [4.78, 5) is 0. The lowest BCUT2D eigenvalue weighted by Gasteiger charge is -2.40.